The Morgan fingerprint density at radius 2 is 2.03 bits per heavy atom. The van der Waals surface area contributed by atoms with Crippen molar-refractivity contribution in [3.63, 3.8) is 0 Å². The number of aliphatic hydroxyl groups excluding tert-OH is 1. The van der Waals surface area contributed by atoms with Crippen molar-refractivity contribution in [3.05, 3.63) is 51.9 Å². The molecule has 0 unspecified atom stereocenters. The third kappa shape index (κ3) is 5.12. The maximum Gasteiger partial charge on any atom is 0.293 e. The van der Waals surface area contributed by atoms with Crippen LogP contribution in [0.25, 0.3) is 10.9 Å². The standard InChI is InChI=1S/C24H27ClN4O4/c1-3-17(30)14-33-22-11-15-10-16(4-5-21(15)28(2)24(22)32)27-20-12-23(26-13-19(20)25)29-8-6-18(31)7-9-29/h4-5,10-13,18,31H,3,6-9,14H2,1-2H3,(H,26,27). The molecule has 0 amide bonds. The van der Waals surface area contributed by atoms with Gasteiger partial charge in [0, 0.05) is 43.7 Å². The average molecular weight is 471 g/mol. The Morgan fingerprint density at radius 3 is 2.76 bits per heavy atom. The first-order chi connectivity index (χ1) is 15.9. The summed E-state index contributed by atoms with van der Waals surface area (Å²) in [6, 6.07) is 9.18. The van der Waals surface area contributed by atoms with Gasteiger partial charge in [-0.3, -0.25) is 9.59 Å². The molecule has 8 nitrogen and oxygen atoms in total. The minimum atomic E-state index is -0.291. The molecular formula is C24H27ClN4O4. The smallest absolute Gasteiger partial charge is 0.293 e. The zero-order valence-corrected chi connectivity index (χ0v) is 19.4. The van der Waals surface area contributed by atoms with Crippen LogP contribution in [-0.2, 0) is 11.8 Å². The van der Waals surface area contributed by atoms with Crippen molar-refractivity contribution in [1.82, 2.24) is 9.55 Å². The summed E-state index contributed by atoms with van der Waals surface area (Å²) in [4.78, 5) is 30.8. The highest BCUT2D eigenvalue weighted by Gasteiger charge is 2.19. The van der Waals surface area contributed by atoms with Gasteiger partial charge in [-0.05, 0) is 37.1 Å². The van der Waals surface area contributed by atoms with E-state index < -0.39 is 0 Å². The van der Waals surface area contributed by atoms with Crippen LogP contribution in [0.2, 0.25) is 5.02 Å². The predicted octanol–water partition coefficient (Wildman–Crippen LogP) is 3.65. The first kappa shape index (κ1) is 23.1. The lowest BCUT2D eigenvalue weighted by molar-refractivity contribution is -0.120. The summed E-state index contributed by atoms with van der Waals surface area (Å²) >= 11 is 6.40. The van der Waals surface area contributed by atoms with Crippen molar-refractivity contribution >= 4 is 45.5 Å². The first-order valence-electron chi connectivity index (χ1n) is 11.0. The molecule has 1 fully saturated rings. The van der Waals surface area contributed by atoms with Gasteiger partial charge in [0.15, 0.2) is 11.5 Å². The van der Waals surface area contributed by atoms with Crippen molar-refractivity contribution in [3.8, 4) is 5.75 Å². The summed E-state index contributed by atoms with van der Waals surface area (Å²) in [6.45, 7) is 3.11. The number of ether oxygens (including phenoxy) is 1. The molecule has 3 heterocycles. The number of piperidine rings is 1. The van der Waals surface area contributed by atoms with Crippen LogP contribution in [0.5, 0.6) is 5.75 Å². The lowest BCUT2D eigenvalue weighted by atomic mass is 10.1. The molecule has 174 valence electrons. The number of Topliss-reactive ketones (excluding diaryl/α,β-unsaturated/α-hetero) is 1. The maximum atomic E-state index is 12.6. The van der Waals surface area contributed by atoms with Gasteiger partial charge in [-0.1, -0.05) is 18.5 Å². The average Bonchev–Trinajstić information content (AvgIpc) is 2.82. The van der Waals surface area contributed by atoms with Gasteiger partial charge in [0.1, 0.15) is 12.4 Å². The number of carbonyl (C=O) groups is 1. The van der Waals surface area contributed by atoms with E-state index in [1.807, 2.05) is 24.3 Å². The van der Waals surface area contributed by atoms with Crippen LogP contribution in [0, 0.1) is 0 Å². The highest BCUT2D eigenvalue weighted by Crippen LogP contribution is 2.31. The molecule has 0 saturated carbocycles. The quantitative estimate of drug-likeness (QED) is 0.544. The van der Waals surface area contributed by atoms with E-state index in [1.165, 1.54) is 4.57 Å². The van der Waals surface area contributed by atoms with Gasteiger partial charge in [0.2, 0.25) is 0 Å². The normalized spacial score (nSPS) is 14.5. The highest BCUT2D eigenvalue weighted by molar-refractivity contribution is 6.33. The molecule has 4 rings (SSSR count). The molecule has 0 bridgehead atoms. The van der Waals surface area contributed by atoms with E-state index in [2.05, 4.69) is 15.2 Å². The molecule has 0 spiro atoms. The van der Waals surface area contributed by atoms with Gasteiger partial charge >= 0.3 is 0 Å². The molecular weight excluding hydrogens is 444 g/mol. The fourth-order valence-corrected chi connectivity index (χ4v) is 3.99. The number of aromatic nitrogens is 2. The summed E-state index contributed by atoms with van der Waals surface area (Å²) in [7, 11) is 1.67. The van der Waals surface area contributed by atoms with Crippen LogP contribution in [0.4, 0.5) is 17.2 Å². The molecule has 1 aliphatic rings. The van der Waals surface area contributed by atoms with E-state index in [0.717, 1.165) is 35.5 Å². The number of ketones is 1. The van der Waals surface area contributed by atoms with E-state index in [0.29, 0.717) is 30.0 Å². The zero-order valence-electron chi connectivity index (χ0n) is 18.7. The number of fused-ring (bicyclic) bond motifs is 1. The molecule has 0 aliphatic carbocycles. The topological polar surface area (TPSA) is 96.7 Å². The number of nitrogens with zero attached hydrogens (tertiary/aromatic N) is 3. The van der Waals surface area contributed by atoms with Crippen LogP contribution >= 0.6 is 11.6 Å². The third-order valence-corrected chi connectivity index (χ3v) is 6.18. The fraction of sp³-hybridized carbons (Fsp3) is 0.375. The Bertz CT molecular complexity index is 1240. The predicted molar refractivity (Wildman–Crippen MR) is 130 cm³/mol. The molecule has 9 heteroatoms. The van der Waals surface area contributed by atoms with Gasteiger partial charge in [-0.15, -0.1) is 0 Å². The van der Waals surface area contributed by atoms with Crippen molar-refractivity contribution in [2.24, 2.45) is 7.05 Å². The number of aryl methyl sites for hydroxylation is 1. The Morgan fingerprint density at radius 1 is 1.27 bits per heavy atom. The van der Waals surface area contributed by atoms with Crippen LogP contribution < -0.4 is 20.5 Å². The second kappa shape index (κ2) is 9.80. The van der Waals surface area contributed by atoms with Crippen LogP contribution in [0.1, 0.15) is 26.2 Å². The third-order valence-electron chi connectivity index (χ3n) is 5.88. The molecule has 2 N–H and O–H groups in total. The van der Waals surface area contributed by atoms with E-state index in [4.69, 9.17) is 16.3 Å². The first-order valence-corrected chi connectivity index (χ1v) is 11.4. The SMILES string of the molecule is CCC(=O)COc1cc2cc(Nc3cc(N4CCC(O)CC4)ncc3Cl)ccc2n(C)c1=O. The second-order valence-corrected chi connectivity index (χ2v) is 8.60. The monoisotopic (exact) mass is 470 g/mol. The molecule has 33 heavy (non-hydrogen) atoms. The fourth-order valence-electron chi connectivity index (χ4n) is 3.84. The number of anilines is 3. The van der Waals surface area contributed by atoms with Gasteiger partial charge < -0.3 is 24.6 Å². The van der Waals surface area contributed by atoms with Crippen molar-refractivity contribution in [2.75, 3.05) is 29.9 Å². The molecule has 1 aromatic carbocycles. The number of hydrogen-bond donors (Lipinski definition) is 2. The van der Waals surface area contributed by atoms with Gasteiger partial charge in [0.25, 0.3) is 5.56 Å². The number of nitrogens with one attached hydrogen (secondary N) is 1. The van der Waals surface area contributed by atoms with Crippen LogP contribution in [0.3, 0.4) is 0 Å². The Balaban J connectivity index is 1.61. The van der Waals surface area contributed by atoms with Gasteiger partial charge in [0.05, 0.1) is 28.5 Å². The lowest BCUT2D eigenvalue weighted by Gasteiger charge is -2.30. The number of rotatable bonds is 7. The summed E-state index contributed by atoms with van der Waals surface area (Å²) < 4.78 is 7.00. The van der Waals surface area contributed by atoms with E-state index in [1.54, 1.807) is 26.2 Å². The largest absolute Gasteiger partial charge is 0.480 e. The minimum absolute atomic E-state index is 0.0704. The summed E-state index contributed by atoms with van der Waals surface area (Å²) in [5, 5.41) is 14.4. The second-order valence-electron chi connectivity index (χ2n) is 8.19. The van der Waals surface area contributed by atoms with E-state index >= 15 is 0 Å². The molecule has 0 radical (unpaired) electrons. The van der Waals surface area contributed by atoms with Crippen molar-refractivity contribution in [2.45, 2.75) is 32.3 Å². The summed E-state index contributed by atoms with van der Waals surface area (Å²) in [6.07, 6.45) is 3.14. The summed E-state index contributed by atoms with van der Waals surface area (Å²) in [5.74, 6) is 0.868. The molecule has 0 atom stereocenters. The number of hydrogen-bond acceptors (Lipinski definition) is 7. The number of pyridine rings is 2. The molecule has 1 saturated heterocycles. The van der Waals surface area contributed by atoms with Crippen molar-refractivity contribution in [1.29, 1.82) is 0 Å². The number of halogens is 1. The minimum Gasteiger partial charge on any atom is -0.480 e. The number of aliphatic hydroxyl groups is 1. The highest BCUT2D eigenvalue weighted by atomic mass is 35.5. The van der Waals surface area contributed by atoms with E-state index in [-0.39, 0.29) is 29.8 Å². The van der Waals surface area contributed by atoms with E-state index in [9.17, 15) is 14.7 Å². The van der Waals surface area contributed by atoms with Crippen LogP contribution in [0.15, 0.2) is 41.3 Å². The van der Waals surface area contributed by atoms with Crippen molar-refractivity contribution < 1.29 is 14.6 Å². The zero-order chi connectivity index (χ0) is 23.5. The van der Waals surface area contributed by atoms with Gasteiger partial charge in [-0.25, -0.2) is 4.98 Å². The van der Waals surface area contributed by atoms with Crippen LogP contribution in [-0.4, -0.2) is 46.2 Å². The Hall–Kier alpha value is -3.10. The van der Waals surface area contributed by atoms with Gasteiger partial charge in [-0.2, -0.15) is 0 Å². The Labute approximate surface area is 196 Å². The molecule has 1 aliphatic heterocycles. The maximum absolute atomic E-state index is 12.6. The summed E-state index contributed by atoms with van der Waals surface area (Å²) in [5.41, 5.74) is 1.94. The molecule has 2 aromatic heterocycles. The lowest BCUT2D eigenvalue weighted by Crippen LogP contribution is -2.36. The Kier molecular flexibility index (Phi) is 6.85. The molecule has 3 aromatic rings. The number of carbonyl (C=O) groups excluding carboxylic acids is 1. The number of benzene rings is 1.